The molecular formula is C16H24N6. The number of rotatable bonds is 5. The van der Waals surface area contributed by atoms with Crippen LogP contribution in [0.5, 0.6) is 0 Å². The molecule has 1 N–H and O–H groups in total. The van der Waals surface area contributed by atoms with Crippen molar-refractivity contribution in [1.82, 2.24) is 24.6 Å². The van der Waals surface area contributed by atoms with E-state index in [4.69, 9.17) is 0 Å². The van der Waals surface area contributed by atoms with E-state index in [0.717, 1.165) is 50.2 Å². The van der Waals surface area contributed by atoms with Gasteiger partial charge in [-0.05, 0) is 45.5 Å². The van der Waals surface area contributed by atoms with E-state index in [1.54, 1.807) is 0 Å². The fraction of sp³-hybridized carbons (Fsp3) is 0.562. The number of aromatic nitrogens is 4. The van der Waals surface area contributed by atoms with Crippen molar-refractivity contribution in [1.29, 1.82) is 0 Å². The minimum absolute atomic E-state index is 0.499. The second kappa shape index (κ2) is 6.87. The lowest BCUT2D eigenvalue weighted by molar-refractivity contribution is 0.212. The Kier molecular flexibility index (Phi) is 4.68. The molecule has 22 heavy (non-hydrogen) atoms. The van der Waals surface area contributed by atoms with Gasteiger partial charge in [0.05, 0.1) is 17.9 Å². The molecule has 118 valence electrons. The Labute approximate surface area is 131 Å². The Morgan fingerprint density at radius 1 is 1.32 bits per heavy atom. The topological polar surface area (TPSA) is 58.9 Å². The van der Waals surface area contributed by atoms with Crippen molar-refractivity contribution in [2.75, 3.05) is 25.5 Å². The van der Waals surface area contributed by atoms with Gasteiger partial charge in [-0.2, -0.15) is 5.10 Å². The zero-order valence-corrected chi connectivity index (χ0v) is 13.4. The molecule has 3 rings (SSSR count). The Morgan fingerprint density at radius 2 is 2.14 bits per heavy atom. The van der Waals surface area contributed by atoms with Gasteiger partial charge < -0.3 is 10.2 Å². The third-order valence-electron chi connectivity index (χ3n) is 4.14. The summed E-state index contributed by atoms with van der Waals surface area (Å²) in [5.41, 5.74) is 2.02. The van der Waals surface area contributed by atoms with Gasteiger partial charge in [0, 0.05) is 18.1 Å². The van der Waals surface area contributed by atoms with Crippen molar-refractivity contribution in [2.24, 2.45) is 0 Å². The van der Waals surface area contributed by atoms with Crippen LogP contribution >= 0.6 is 0 Å². The van der Waals surface area contributed by atoms with Crippen LogP contribution in [-0.2, 0) is 6.42 Å². The van der Waals surface area contributed by atoms with E-state index in [2.05, 4.69) is 50.1 Å². The molecule has 0 aromatic carbocycles. The van der Waals surface area contributed by atoms with Crippen LogP contribution in [0.1, 0.15) is 37.9 Å². The molecule has 0 saturated carbocycles. The molecule has 1 saturated heterocycles. The zero-order valence-electron chi connectivity index (χ0n) is 13.4. The van der Waals surface area contributed by atoms with Crippen LogP contribution < -0.4 is 5.32 Å². The lowest BCUT2D eigenvalue weighted by atomic mass is 10.1. The predicted octanol–water partition coefficient (Wildman–Crippen LogP) is 2.64. The van der Waals surface area contributed by atoms with E-state index in [0.29, 0.717) is 12.0 Å². The number of hydrogen-bond donors (Lipinski definition) is 1. The van der Waals surface area contributed by atoms with Crippen molar-refractivity contribution in [3.05, 3.63) is 30.4 Å². The van der Waals surface area contributed by atoms with Crippen LogP contribution in [0.15, 0.2) is 24.7 Å². The average Bonchev–Trinajstić information content (AvgIpc) is 2.97. The molecule has 1 aliphatic heterocycles. The third-order valence-corrected chi connectivity index (χ3v) is 4.14. The molecule has 0 bridgehead atoms. The van der Waals surface area contributed by atoms with E-state index < -0.39 is 0 Å². The quantitative estimate of drug-likeness (QED) is 0.920. The summed E-state index contributed by atoms with van der Waals surface area (Å²) in [5, 5.41) is 7.75. The molecule has 3 heterocycles. The first-order chi connectivity index (χ1) is 10.7. The van der Waals surface area contributed by atoms with Gasteiger partial charge in [0.15, 0.2) is 0 Å². The monoisotopic (exact) mass is 300 g/mol. The van der Waals surface area contributed by atoms with Crippen molar-refractivity contribution in [3.8, 4) is 0 Å². The van der Waals surface area contributed by atoms with Gasteiger partial charge in [-0.15, -0.1) is 0 Å². The van der Waals surface area contributed by atoms with Crippen LogP contribution in [0, 0.1) is 0 Å². The highest BCUT2D eigenvalue weighted by molar-refractivity contribution is 5.50. The van der Waals surface area contributed by atoms with Gasteiger partial charge in [0.1, 0.15) is 0 Å². The molecule has 6 nitrogen and oxygen atoms in total. The summed E-state index contributed by atoms with van der Waals surface area (Å²) in [6, 6.07) is 2.47. The molecule has 6 heteroatoms. The van der Waals surface area contributed by atoms with E-state index in [1.807, 2.05) is 18.5 Å². The summed E-state index contributed by atoms with van der Waals surface area (Å²) in [5.74, 6) is 0.647. The molecule has 1 fully saturated rings. The van der Waals surface area contributed by atoms with Gasteiger partial charge in [0.2, 0.25) is 5.95 Å². The highest BCUT2D eigenvalue weighted by Gasteiger charge is 2.18. The first kappa shape index (κ1) is 15.0. The van der Waals surface area contributed by atoms with Crippen molar-refractivity contribution in [2.45, 2.75) is 38.6 Å². The lowest BCUT2D eigenvalue weighted by Crippen LogP contribution is -2.31. The summed E-state index contributed by atoms with van der Waals surface area (Å²) in [7, 11) is 2.17. The number of aryl methyl sites for hydroxylation is 1. The maximum atomic E-state index is 4.52. The minimum Gasteiger partial charge on any atom is -0.321 e. The molecule has 0 unspecified atom stereocenters. The largest absolute Gasteiger partial charge is 0.321 e. The molecular weight excluding hydrogens is 276 g/mol. The lowest BCUT2D eigenvalue weighted by Gasteiger charge is -2.28. The van der Waals surface area contributed by atoms with Crippen molar-refractivity contribution in [3.63, 3.8) is 0 Å². The SMILES string of the molecule is CCCc1ccnc(Nc2cnn(C3CCN(C)CC3)c2)n1. The van der Waals surface area contributed by atoms with Crippen molar-refractivity contribution >= 4 is 11.6 Å². The van der Waals surface area contributed by atoms with Gasteiger partial charge in [0.25, 0.3) is 0 Å². The minimum atomic E-state index is 0.499. The zero-order chi connectivity index (χ0) is 15.4. The normalized spacial score (nSPS) is 16.8. The average molecular weight is 300 g/mol. The van der Waals surface area contributed by atoms with Crippen LogP contribution in [0.2, 0.25) is 0 Å². The number of likely N-dealkylation sites (tertiary alicyclic amines) is 1. The Hall–Kier alpha value is -1.95. The van der Waals surface area contributed by atoms with E-state index >= 15 is 0 Å². The van der Waals surface area contributed by atoms with Crippen LogP contribution in [-0.4, -0.2) is 44.8 Å². The molecule has 2 aromatic rings. The number of anilines is 2. The first-order valence-corrected chi connectivity index (χ1v) is 8.06. The fourth-order valence-electron chi connectivity index (χ4n) is 2.84. The highest BCUT2D eigenvalue weighted by Crippen LogP contribution is 2.23. The third kappa shape index (κ3) is 3.62. The summed E-state index contributed by atoms with van der Waals surface area (Å²) < 4.78 is 2.07. The van der Waals surface area contributed by atoms with Gasteiger partial charge in [-0.1, -0.05) is 13.3 Å². The molecule has 0 radical (unpaired) electrons. The van der Waals surface area contributed by atoms with E-state index in [9.17, 15) is 0 Å². The number of piperidine rings is 1. The molecule has 0 amide bonds. The van der Waals surface area contributed by atoms with E-state index in [-0.39, 0.29) is 0 Å². The first-order valence-electron chi connectivity index (χ1n) is 8.06. The second-order valence-corrected chi connectivity index (χ2v) is 5.99. The van der Waals surface area contributed by atoms with Crippen LogP contribution in [0.3, 0.4) is 0 Å². The maximum Gasteiger partial charge on any atom is 0.227 e. The predicted molar refractivity (Wildman–Crippen MR) is 87.3 cm³/mol. The standard InChI is InChI=1S/C16H24N6/c1-3-4-13-5-8-17-16(19-13)20-14-11-18-22(12-14)15-6-9-21(2)10-7-15/h5,8,11-12,15H,3-4,6-7,9-10H2,1-2H3,(H,17,19,20). The maximum absolute atomic E-state index is 4.52. The summed E-state index contributed by atoms with van der Waals surface area (Å²) in [4.78, 5) is 11.2. The van der Waals surface area contributed by atoms with Gasteiger partial charge in [-0.25, -0.2) is 9.97 Å². The summed E-state index contributed by atoms with van der Waals surface area (Å²) in [6.45, 7) is 4.42. The highest BCUT2D eigenvalue weighted by atomic mass is 15.3. The smallest absolute Gasteiger partial charge is 0.227 e. The van der Waals surface area contributed by atoms with Gasteiger partial charge >= 0.3 is 0 Å². The summed E-state index contributed by atoms with van der Waals surface area (Å²) >= 11 is 0. The molecule has 0 spiro atoms. The second-order valence-electron chi connectivity index (χ2n) is 5.99. The van der Waals surface area contributed by atoms with Crippen molar-refractivity contribution < 1.29 is 0 Å². The molecule has 0 aliphatic carbocycles. The molecule has 1 aliphatic rings. The van der Waals surface area contributed by atoms with Gasteiger partial charge in [-0.3, -0.25) is 4.68 Å². The van der Waals surface area contributed by atoms with Crippen LogP contribution in [0.4, 0.5) is 11.6 Å². The Morgan fingerprint density at radius 3 is 2.91 bits per heavy atom. The number of hydrogen-bond acceptors (Lipinski definition) is 5. The molecule has 2 aromatic heterocycles. The Bertz CT molecular complexity index is 600. The van der Waals surface area contributed by atoms with Crippen LogP contribution in [0.25, 0.3) is 0 Å². The number of nitrogens with zero attached hydrogens (tertiary/aromatic N) is 5. The van der Waals surface area contributed by atoms with E-state index in [1.165, 1.54) is 0 Å². The molecule has 0 atom stereocenters. The summed E-state index contributed by atoms with van der Waals surface area (Å²) in [6.07, 6.45) is 10.1. The number of nitrogens with one attached hydrogen (secondary N) is 1. The Balaban J connectivity index is 1.65. The fourth-order valence-corrected chi connectivity index (χ4v) is 2.84.